The molecule has 0 radical (unpaired) electrons. The summed E-state index contributed by atoms with van der Waals surface area (Å²) in [6, 6.07) is 17.7. The van der Waals surface area contributed by atoms with Crippen LogP contribution < -0.4 is 5.32 Å². The topological polar surface area (TPSA) is 85.6 Å². The highest BCUT2D eigenvalue weighted by molar-refractivity contribution is 7.85. The van der Waals surface area contributed by atoms with Crippen molar-refractivity contribution in [3.8, 4) is 22.5 Å². The number of ether oxygens (including phenoxy) is 1. The van der Waals surface area contributed by atoms with Gasteiger partial charge < -0.3 is 10.1 Å². The van der Waals surface area contributed by atoms with Crippen molar-refractivity contribution < 1.29 is 13.7 Å². The molecule has 1 aliphatic heterocycles. The third-order valence-corrected chi connectivity index (χ3v) is 7.84. The lowest BCUT2D eigenvalue weighted by molar-refractivity contribution is 0.0951. The van der Waals surface area contributed by atoms with Crippen molar-refractivity contribution in [1.82, 2.24) is 19.7 Å². The quantitative estimate of drug-likeness (QED) is 0.422. The zero-order chi connectivity index (χ0) is 23.8. The molecule has 4 aromatic rings. The monoisotopic (exact) mass is 486 g/mol. The van der Waals surface area contributed by atoms with Gasteiger partial charge in [0.2, 0.25) is 0 Å². The van der Waals surface area contributed by atoms with Crippen LogP contribution in [0.5, 0.6) is 0 Å². The number of amides is 1. The highest BCUT2D eigenvalue weighted by atomic mass is 32.2. The van der Waals surface area contributed by atoms with Crippen LogP contribution >= 0.6 is 0 Å². The molecule has 2 aromatic carbocycles. The van der Waals surface area contributed by atoms with Crippen LogP contribution in [0, 0.1) is 0 Å². The number of hydrogen-bond donors (Lipinski definition) is 1. The zero-order valence-electron chi connectivity index (χ0n) is 19.2. The molecule has 2 atom stereocenters. The van der Waals surface area contributed by atoms with E-state index in [0.717, 1.165) is 54.8 Å². The number of fused-ring (bicyclic) bond motifs is 1. The lowest BCUT2D eigenvalue weighted by Gasteiger charge is -2.12. The van der Waals surface area contributed by atoms with Crippen LogP contribution in [0.25, 0.3) is 28.2 Å². The summed E-state index contributed by atoms with van der Waals surface area (Å²) in [5, 5.41) is 3.49. The number of aromatic nitrogens is 3. The van der Waals surface area contributed by atoms with Crippen molar-refractivity contribution >= 4 is 22.4 Å². The fraction of sp³-hybridized carbons (Fsp3) is 0.296. The molecule has 1 unspecified atom stereocenters. The van der Waals surface area contributed by atoms with E-state index in [9.17, 15) is 9.00 Å². The highest BCUT2D eigenvalue weighted by Crippen LogP contribution is 2.28. The molecule has 35 heavy (non-hydrogen) atoms. The first-order chi connectivity index (χ1) is 17.2. The second-order valence-electron chi connectivity index (χ2n) is 9.11. The maximum Gasteiger partial charge on any atom is 0.251 e. The van der Waals surface area contributed by atoms with Crippen molar-refractivity contribution in [2.75, 3.05) is 12.4 Å². The number of rotatable bonds is 7. The summed E-state index contributed by atoms with van der Waals surface area (Å²) in [7, 11) is -1.36. The number of carbonyl (C=O) groups is 1. The number of benzene rings is 2. The predicted molar refractivity (Wildman–Crippen MR) is 135 cm³/mol. The van der Waals surface area contributed by atoms with Crippen LogP contribution in [0.1, 0.15) is 36.0 Å². The first kappa shape index (κ1) is 22.1. The summed E-state index contributed by atoms with van der Waals surface area (Å²) in [4.78, 5) is 21.8. The van der Waals surface area contributed by atoms with E-state index < -0.39 is 10.8 Å². The third kappa shape index (κ3) is 4.63. The minimum Gasteiger partial charge on any atom is -0.377 e. The Hall–Kier alpha value is -3.36. The van der Waals surface area contributed by atoms with E-state index in [1.54, 1.807) is 6.20 Å². The Morgan fingerprint density at radius 1 is 1.06 bits per heavy atom. The van der Waals surface area contributed by atoms with E-state index in [-0.39, 0.29) is 12.0 Å². The lowest BCUT2D eigenvalue weighted by Crippen LogP contribution is -2.25. The molecular weight excluding hydrogens is 460 g/mol. The SMILES string of the molecule is O=C(NC1CC1)c1ccc(-c2cnc3c(S(=O)C[C@@H]4CCCO4)nc(-c4ccccc4)cn23)cc1. The zero-order valence-corrected chi connectivity index (χ0v) is 20.0. The first-order valence-corrected chi connectivity index (χ1v) is 13.3. The summed E-state index contributed by atoms with van der Waals surface area (Å²) in [6.45, 7) is 0.719. The normalized spacial score (nSPS) is 18.6. The van der Waals surface area contributed by atoms with Gasteiger partial charge in [0.05, 0.1) is 40.2 Å². The van der Waals surface area contributed by atoms with Crippen LogP contribution in [-0.4, -0.2) is 49.0 Å². The molecule has 1 N–H and O–H groups in total. The van der Waals surface area contributed by atoms with E-state index in [1.165, 1.54) is 0 Å². The molecule has 3 heterocycles. The first-order valence-electron chi connectivity index (χ1n) is 12.0. The lowest BCUT2D eigenvalue weighted by atomic mass is 10.1. The third-order valence-electron chi connectivity index (χ3n) is 6.46. The van der Waals surface area contributed by atoms with Crippen molar-refractivity contribution in [3.63, 3.8) is 0 Å². The molecule has 1 saturated heterocycles. The largest absolute Gasteiger partial charge is 0.377 e. The molecular formula is C27H26N4O3S. The van der Waals surface area contributed by atoms with Gasteiger partial charge >= 0.3 is 0 Å². The molecule has 1 aliphatic carbocycles. The summed E-state index contributed by atoms with van der Waals surface area (Å²) < 4.78 is 21.1. The molecule has 1 amide bonds. The van der Waals surface area contributed by atoms with Gasteiger partial charge in [-0.15, -0.1) is 0 Å². The van der Waals surface area contributed by atoms with Crippen LogP contribution in [0.2, 0.25) is 0 Å². The van der Waals surface area contributed by atoms with Gasteiger partial charge in [-0.05, 0) is 37.8 Å². The minimum atomic E-state index is -1.36. The van der Waals surface area contributed by atoms with Gasteiger partial charge in [-0.2, -0.15) is 0 Å². The second kappa shape index (κ2) is 9.36. The van der Waals surface area contributed by atoms with Crippen LogP contribution in [0.15, 0.2) is 72.0 Å². The Balaban J connectivity index is 1.40. The Morgan fingerprint density at radius 2 is 1.86 bits per heavy atom. The molecule has 2 fully saturated rings. The molecule has 2 aliphatic rings. The average molecular weight is 487 g/mol. The molecule has 0 bridgehead atoms. The van der Waals surface area contributed by atoms with Gasteiger partial charge in [0, 0.05) is 35.5 Å². The molecule has 6 rings (SSSR count). The number of nitrogens with zero attached hydrogens (tertiary/aromatic N) is 3. The van der Waals surface area contributed by atoms with E-state index in [4.69, 9.17) is 9.72 Å². The van der Waals surface area contributed by atoms with Gasteiger partial charge in [0.15, 0.2) is 10.7 Å². The fourth-order valence-electron chi connectivity index (χ4n) is 4.39. The summed E-state index contributed by atoms with van der Waals surface area (Å²) >= 11 is 0. The van der Waals surface area contributed by atoms with Crippen molar-refractivity contribution in [1.29, 1.82) is 0 Å². The summed E-state index contributed by atoms with van der Waals surface area (Å²) in [5.41, 5.74) is 4.65. The molecule has 178 valence electrons. The minimum absolute atomic E-state index is 0.0122. The number of hydrogen-bond acceptors (Lipinski definition) is 5. The molecule has 8 heteroatoms. The Kier molecular flexibility index (Phi) is 5.91. The highest BCUT2D eigenvalue weighted by Gasteiger charge is 2.25. The summed E-state index contributed by atoms with van der Waals surface area (Å²) in [5.74, 6) is 0.369. The van der Waals surface area contributed by atoms with Crippen LogP contribution in [0.3, 0.4) is 0 Å². The van der Waals surface area contributed by atoms with Crippen molar-refractivity contribution in [3.05, 3.63) is 72.6 Å². The van der Waals surface area contributed by atoms with Gasteiger partial charge in [-0.25, -0.2) is 9.97 Å². The average Bonchev–Trinajstić information content (AvgIpc) is 3.37. The molecule has 1 saturated carbocycles. The smallest absolute Gasteiger partial charge is 0.251 e. The van der Waals surface area contributed by atoms with Gasteiger partial charge in [-0.1, -0.05) is 42.5 Å². The standard InChI is InChI=1S/C27H26N4O3S/c32-26(29-21-12-13-21)20-10-8-19(9-11-20)24-15-28-25-27(35(33)17-22-7-4-14-34-22)30-23(16-31(24)25)18-5-2-1-3-6-18/h1-3,5-6,8-11,15-16,21-22H,4,7,12-14,17H2,(H,29,32)/t22-,35?/m0/s1. The Bertz CT molecular complexity index is 1390. The van der Waals surface area contributed by atoms with E-state index in [2.05, 4.69) is 10.3 Å². The van der Waals surface area contributed by atoms with Gasteiger partial charge in [0.1, 0.15) is 0 Å². The maximum absolute atomic E-state index is 13.4. The molecule has 0 spiro atoms. The van der Waals surface area contributed by atoms with Crippen LogP contribution in [-0.2, 0) is 15.5 Å². The van der Waals surface area contributed by atoms with Crippen molar-refractivity contribution in [2.24, 2.45) is 0 Å². The predicted octanol–water partition coefficient (Wildman–Crippen LogP) is 4.24. The molecule has 7 nitrogen and oxygen atoms in total. The van der Waals surface area contributed by atoms with E-state index in [0.29, 0.717) is 28.0 Å². The Labute approximate surface area is 206 Å². The van der Waals surface area contributed by atoms with Gasteiger partial charge in [-0.3, -0.25) is 13.4 Å². The second-order valence-corrected chi connectivity index (χ2v) is 10.5. The summed E-state index contributed by atoms with van der Waals surface area (Å²) in [6.07, 6.45) is 7.73. The van der Waals surface area contributed by atoms with E-state index >= 15 is 0 Å². The molecule has 2 aromatic heterocycles. The van der Waals surface area contributed by atoms with E-state index in [1.807, 2.05) is 65.2 Å². The fourth-order valence-corrected chi connectivity index (χ4v) is 5.70. The number of carbonyl (C=O) groups excluding carboxylic acids is 1. The van der Waals surface area contributed by atoms with Crippen LogP contribution in [0.4, 0.5) is 0 Å². The Morgan fingerprint density at radius 3 is 2.57 bits per heavy atom. The van der Waals surface area contributed by atoms with Crippen molar-refractivity contribution in [2.45, 2.75) is 42.9 Å². The number of nitrogens with one attached hydrogen (secondary N) is 1. The maximum atomic E-state index is 13.4. The number of imidazole rings is 1. The van der Waals surface area contributed by atoms with Gasteiger partial charge in [0.25, 0.3) is 5.91 Å².